The van der Waals surface area contributed by atoms with Gasteiger partial charge in [-0.1, -0.05) is 6.07 Å². The van der Waals surface area contributed by atoms with Gasteiger partial charge in [-0.15, -0.1) is 0 Å². The molecular weight excluding hydrogens is 176 g/mol. The van der Waals surface area contributed by atoms with Crippen LogP contribution in [0.15, 0.2) is 18.2 Å². The molecule has 1 unspecified atom stereocenters. The lowest BCUT2D eigenvalue weighted by molar-refractivity contribution is 0.126. The number of nitrogens with one attached hydrogen (secondary N) is 1. The molecule has 2 N–H and O–H groups in total. The Morgan fingerprint density at radius 1 is 1.46 bits per heavy atom. The predicted molar refractivity (Wildman–Crippen MR) is 45.2 cm³/mol. The van der Waals surface area contributed by atoms with Crippen LogP contribution in [0.5, 0.6) is 5.75 Å². The van der Waals surface area contributed by atoms with E-state index in [1.54, 1.807) is 6.07 Å². The Balaban J connectivity index is 2.25. The van der Waals surface area contributed by atoms with Gasteiger partial charge in [0.15, 0.2) is 0 Å². The molecule has 70 valence electrons. The first-order valence-corrected chi connectivity index (χ1v) is 4.03. The number of hydrogen-bond donors (Lipinski definition) is 2. The van der Waals surface area contributed by atoms with Crippen LogP contribution in [-0.4, -0.2) is 17.6 Å². The first kappa shape index (κ1) is 8.29. The van der Waals surface area contributed by atoms with E-state index in [1.165, 1.54) is 12.1 Å². The maximum absolute atomic E-state index is 12.3. The highest BCUT2D eigenvalue weighted by Gasteiger charge is 2.27. The van der Waals surface area contributed by atoms with Crippen LogP contribution in [0.3, 0.4) is 0 Å². The lowest BCUT2D eigenvalue weighted by atomic mass is 10.1. The summed E-state index contributed by atoms with van der Waals surface area (Å²) in [5.41, 5.74) is 1.45. The van der Waals surface area contributed by atoms with Crippen molar-refractivity contribution < 1.29 is 13.9 Å². The Bertz CT molecular complexity index is 327. The number of rotatable bonds is 1. The Morgan fingerprint density at radius 3 is 2.92 bits per heavy atom. The van der Waals surface area contributed by atoms with Crippen LogP contribution in [0.4, 0.5) is 14.5 Å². The second-order valence-corrected chi connectivity index (χ2v) is 3.13. The molecule has 2 nitrogen and oxygen atoms in total. The van der Waals surface area contributed by atoms with Gasteiger partial charge in [-0.2, -0.15) is 0 Å². The summed E-state index contributed by atoms with van der Waals surface area (Å²) in [4.78, 5) is 0. The Labute approximate surface area is 74.2 Å². The van der Waals surface area contributed by atoms with E-state index in [-0.39, 0.29) is 5.75 Å². The van der Waals surface area contributed by atoms with Crippen LogP contribution in [0, 0.1) is 0 Å². The molecule has 0 saturated heterocycles. The third kappa shape index (κ3) is 1.43. The fraction of sp³-hybridized carbons (Fsp3) is 0.333. The second-order valence-electron chi connectivity index (χ2n) is 3.13. The average molecular weight is 185 g/mol. The van der Waals surface area contributed by atoms with E-state index in [1.807, 2.05) is 0 Å². The number of aromatic hydroxyl groups is 1. The molecule has 1 aliphatic heterocycles. The SMILES string of the molecule is Oc1ccc2c(c1)NC(C(F)F)C2. The van der Waals surface area contributed by atoms with Crippen molar-refractivity contribution in [2.45, 2.75) is 18.9 Å². The number of fused-ring (bicyclic) bond motifs is 1. The van der Waals surface area contributed by atoms with Crippen molar-refractivity contribution in [3.05, 3.63) is 23.8 Å². The molecule has 1 atom stereocenters. The van der Waals surface area contributed by atoms with Gasteiger partial charge in [0.05, 0.1) is 6.04 Å². The molecule has 0 amide bonds. The quantitative estimate of drug-likeness (QED) is 0.701. The highest BCUT2D eigenvalue weighted by Crippen LogP contribution is 2.30. The zero-order chi connectivity index (χ0) is 9.42. The second kappa shape index (κ2) is 2.87. The van der Waals surface area contributed by atoms with Crippen LogP contribution in [-0.2, 0) is 6.42 Å². The fourth-order valence-corrected chi connectivity index (χ4v) is 1.52. The predicted octanol–water partition coefficient (Wildman–Crippen LogP) is 1.99. The van der Waals surface area contributed by atoms with Crippen LogP contribution in [0.25, 0.3) is 0 Å². The van der Waals surface area contributed by atoms with Gasteiger partial charge < -0.3 is 10.4 Å². The van der Waals surface area contributed by atoms with Crippen molar-refractivity contribution in [1.29, 1.82) is 0 Å². The van der Waals surface area contributed by atoms with E-state index in [0.29, 0.717) is 12.1 Å². The number of benzene rings is 1. The van der Waals surface area contributed by atoms with Crippen molar-refractivity contribution in [2.24, 2.45) is 0 Å². The third-order valence-corrected chi connectivity index (χ3v) is 2.18. The van der Waals surface area contributed by atoms with Gasteiger partial charge in [-0.05, 0) is 11.6 Å². The van der Waals surface area contributed by atoms with Gasteiger partial charge in [0.2, 0.25) is 0 Å². The van der Waals surface area contributed by atoms with E-state index in [4.69, 9.17) is 5.11 Å². The number of hydrogen-bond acceptors (Lipinski definition) is 2. The van der Waals surface area contributed by atoms with Crippen molar-refractivity contribution in [2.75, 3.05) is 5.32 Å². The highest BCUT2D eigenvalue weighted by molar-refractivity contribution is 5.59. The van der Waals surface area contributed by atoms with Gasteiger partial charge in [-0.25, -0.2) is 8.78 Å². The van der Waals surface area contributed by atoms with E-state index < -0.39 is 12.5 Å². The number of phenols is 1. The van der Waals surface area contributed by atoms with E-state index in [0.717, 1.165) is 5.56 Å². The zero-order valence-corrected chi connectivity index (χ0v) is 6.80. The molecule has 0 aromatic heterocycles. The summed E-state index contributed by atoms with van der Waals surface area (Å²) in [5.74, 6) is 0.0983. The summed E-state index contributed by atoms with van der Waals surface area (Å²) in [6, 6.07) is 3.84. The maximum atomic E-state index is 12.3. The van der Waals surface area contributed by atoms with E-state index >= 15 is 0 Å². The standard InChI is InChI=1S/C9H9F2NO/c10-9(11)8-3-5-1-2-6(13)4-7(5)12-8/h1-2,4,8-9,12-13H,3H2. The maximum Gasteiger partial charge on any atom is 0.258 e. The average Bonchev–Trinajstić information content (AvgIpc) is 2.46. The minimum Gasteiger partial charge on any atom is -0.508 e. The third-order valence-electron chi connectivity index (χ3n) is 2.18. The molecule has 0 saturated carbocycles. The molecule has 2 rings (SSSR count). The molecule has 0 fully saturated rings. The molecule has 1 aromatic carbocycles. The Morgan fingerprint density at radius 2 is 2.23 bits per heavy atom. The van der Waals surface area contributed by atoms with E-state index in [9.17, 15) is 8.78 Å². The lowest BCUT2D eigenvalue weighted by Gasteiger charge is -2.08. The molecular formula is C9H9F2NO. The van der Waals surface area contributed by atoms with Gasteiger partial charge >= 0.3 is 0 Å². The van der Waals surface area contributed by atoms with Crippen molar-refractivity contribution in [3.8, 4) is 5.75 Å². The minimum absolute atomic E-state index is 0.0983. The first-order chi connectivity index (χ1) is 6.16. The lowest BCUT2D eigenvalue weighted by Crippen LogP contribution is -2.24. The Hall–Kier alpha value is -1.32. The topological polar surface area (TPSA) is 32.3 Å². The number of phenolic OH excluding ortho intramolecular Hbond substituents is 1. The summed E-state index contributed by atoms with van der Waals surface area (Å²) in [6.45, 7) is 0. The number of alkyl halides is 2. The number of anilines is 1. The van der Waals surface area contributed by atoms with Gasteiger partial charge in [0.1, 0.15) is 5.75 Å². The van der Waals surface area contributed by atoms with Crippen LogP contribution < -0.4 is 5.32 Å². The number of halogens is 2. The van der Waals surface area contributed by atoms with Crippen molar-refractivity contribution >= 4 is 5.69 Å². The fourth-order valence-electron chi connectivity index (χ4n) is 1.52. The largest absolute Gasteiger partial charge is 0.508 e. The summed E-state index contributed by atoms with van der Waals surface area (Å²) in [5, 5.41) is 11.8. The molecule has 4 heteroatoms. The summed E-state index contributed by atoms with van der Waals surface area (Å²) >= 11 is 0. The van der Waals surface area contributed by atoms with Gasteiger partial charge in [-0.3, -0.25) is 0 Å². The normalized spacial score (nSPS) is 20.1. The summed E-state index contributed by atoms with van der Waals surface area (Å²) in [7, 11) is 0. The molecule has 1 heterocycles. The Kier molecular flexibility index (Phi) is 1.83. The molecule has 0 bridgehead atoms. The van der Waals surface area contributed by atoms with Gasteiger partial charge in [0, 0.05) is 18.2 Å². The highest BCUT2D eigenvalue weighted by atomic mass is 19.3. The van der Waals surface area contributed by atoms with Crippen LogP contribution in [0.2, 0.25) is 0 Å². The minimum atomic E-state index is -2.37. The summed E-state index contributed by atoms with van der Waals surface area (Å²) < 4.78 is 24.6. The molecule has 0 spiro atoms. The monoisotopic (exact) mass is 185 g/mol. The molecule has 0 radical (unpaired) electrons. The smallest absolute Gasteiger partial charge is 0.258 e. The molecule has 1 aliphatic rings. The summed E-state index contributed by atoms with van der Waals surface area (Å²) in [6.07, 6.45) is -2.04. The van der Waals surface area contributed by atoms with Crippen molar-refractivity contribution in [3.63, 3.8) is 0 Å². The van der Waals surface area contributed by atoms with Gasteiger partial charge in [0.25, 0.3) is 6.43 Å². The van der Waals surface area contributed by atoms with Crippen LogP contribution >= 0.6 is 0 Å². The zero-order valence-electron chi connectivity index (χ0n) is 6.80. The molecule has 13 heavy (non-hydrogen) atoms. The van der Waals surface area contributed by atoms with Crippen molar-refractivity contribution in [1.82, 2.24) is 0 Å². The van der Waals surface area contributed by atoms with E-state index in [2.05, 4.69) is 5.32 Å². The van der Waals surface area contributed by atoms with Crippen LogP contribution in [0.1, 0.15) is 5.56 Å². The first-order valence-electron chi connectivity index (χ1n) is 4.03. The molecule has 0 aliphatic carbocycles. The molecule has 1 aromatic rings.